The molecule has 2 amide bonds. The number of nitrogens with zero attached hydrogens (tertiary/aromatic N) is 2. The van der Waals surface area contributed by atoms with Gasteiger partial charge in [-0.05, 0) is 61.4 Å². The van der Waals surface area contributed by atoms with E-state index in [9.17, 15) is 40.3 Å². The molecule has 6 aromatic rings. The summed E-state index contributed by atoms with van der Waals surface area (Å²) < 4.78 is 91.5. The van der Waals surface area contributed by atoms with Crippen molar-refractivity contribution in [2.24, 2.45) is 0 Å². The van der Waals surface area contributed by atoms with E-state index in [1.807, 2.05) is 36.4 Å². The van der Waals surface area contributed by atoms with Crippen LogP contribution in [0.3, 0.4) is 0 Å². The molecule has 16 heteroatoms. The first-order valence-electron chi connectivity index (χ1n) is 15.4. The fraction of sp³-hybridized carbons (Fsp3) is 0.135. The number of rotatable bonds is 8. The van der Waals surface area contributed by atoms with Crippen molar-refractivity contribution in [1.82, 2.24) is 9.97 Å². The maximum atomic E-state index is 13.1. The molecule has 0 saturated heterocycles. The highest BCUT2D eigenvalue weighted by atomic mass is 79.9. The predicted molar refractivity (Wildman–Crippen MR) is 196 cm³/mol. The van der Waals surface area contributed by atoms with E-state index in [1.165, 1.54) is 19.1 Å². The van der Waals surface area contributed by atoms with E-state index >= 15 is 0 Å². The van der Waals surface area contributed by atoms with Crippen molar-refractivity contribution in [3.05, 3.63) is 138 Å². The second kappa shape index (κ2) is 16.8. The Kier molecular flexibility index (Phi) is 12.5. The van der Waals surface area contributed by atoms with Gasteiger partial charge in [0, 0.05) is 27.0 Å². The number of carbonyl (C=O) groups is 2. The van der Waals surface area contributed by atoms with Gasteiger partial charge in [0.25, 0.3) is 24.7 Å². The zero-order valence-corrected chi connectivity index (χ0v) is 30.7. The molecule has 0 aliphatic carbocycles. The predicted octanol–water partition coefficient (Wildman–Crippen LogP) is 12.4. The number of nitrogens with one attached hydrogen (secondary N) is 2. The van der Waals surface area contributed by atoms with E-state index in [-0.39, 0.29) is 9.75 Å². The maximum Gasteiger partial charge on any atom is 0.416 e. The Morgan fingerprint density at radius 3 is 1.38 bits per heavy atom. The van der Waals surface area contributed by atoms with Crippen molar-refractivity contribution in [1.29, 1.82) is 0 Å². The van der Waals surface area contributed by atoms with Crippen molar-refractivity contribution in [3.8, 4) is 22.3 Å². The molecule has 0 radical (unpaired) electrons. The van der Waals surface area contributed by atoms with Crippen LogP contribution in [0.5, 0.6) is 0 Å². The molecule has 2 aromatic heterocycles. The number of thiazole rings is 2. The van der Waals surface area contributed by atoms with E-state index in [2.05, 4.69) is 36.5 Å². The first kappa shape index (κ1) is 39.3. The summed E-state index contributed by atoms with van der Waals surface area (Å²) in [6.45, 7) is 3.12. The molecule has 2 N–H and O–H groups in total. The molecular formula is C37H26BrF7N4O2S2. The van der Waals surface area contributed by atoms with Gasteiger partial charge >= 0.3 is 6.18 Å². The van der Waals surface area contributed by atoms with Crippen molar-refractivity contribution in [3.63, 3.8) is 0 Å². The monoisotopic (exact) mass is 834 g/mol. The topological polar surface area (TPSA) is 84.0 Å². The van der Waals surface area contributed by atoms with Crippen LogP contribution in [0.15, 0.2) is 102 Å². The number of hydrogen-bond donors (Lipinski definition) is 2. The quantitative estimate of drug-likeness (QED) is 0.150. The summed E-state index contributed by atoms with van der Waals surface area (Å²) in [6.07, 6.45) is -10.1. The molecule has 0 fully saturated rings. The average molecular weight is 836 g/mol. The molecule has 4 aromatic carbocycles. The Balaban J connectivity index is 0.000000206. The van der Waals surface area contributed by atoms with Gasteiger partial charge in [-0.15, -0.1) is 22.7 Å². The Bertz CT molecular complexity index is 2220. The van der Waals surface area contributed by atoms with Crippen LogP contribution < -0.4 is 10.6 Å². The van der Waals surface area contributed by atoms with Gasteiger partial charge in [-0.1, -0.05) is 76.6 Å². The number of aryl methyl sites for hydroxylation is 2. The third-order valence-corrected chi connectivity index (χ3v) is 9.87. The van der Waals surface area contributed by atoms with E-state index < -0.39 is 47.8 Å². The number of halogens is 8. The Morgan fingerprint density at radius 2 is 1.00 bits per heavy atom. The number of amides is 2. The minimum absolute atomic E-state index is 0.0573. The lowest BCUT2D eigenvalue weighted by molar-refractivity contribution is -0.137. The van der Waals surface area contributed by atoms with Gasteiger partial charge in [-0.2, -0.15) is 13.2 Å². The van der Waals surface area contributed by atoms with Crippen LogP contribution in [-0.2, 0) is 6.18 Å². The fourth-order valence-electron chi connectivity index (χ4n) is 5.02. The second-order valence-corrected chi connectivity index (χ2v) is 14.4. The highest BCUT2D eigenvalue weighted by Gasteiger charge is 2.30. The summed E-state index contributed by atoms with van der Waals surface area (Å²) in [5.41, 5.74) is 1.62. The molecule has 2 heterocycles. The lowest BCUT2D eigenvalue weighted by atomic mass is 10.0. The van der Waals surface area contributed by atoms with Crippen LogP contribution in [0.2, 0.25) is 0 Å². The van der Waals surface area contributed by atoms with Gasteiger partial charge in [-0.25, -0.2) is 27.5 Å². The van der Waals surface area contributed by atoms with Gasteiger partial charge in [0.15, 0.2) is 0 Å². The number of anilines is 2. The zero-order valence-electron chi connectivity index (χ0n) is 27.4. The second-order valence-electron chi connectivity index (χ2n) is 11.1. The first-order chi connectivity index (χ1) is 25.1. The lowest BCUT2D eigenvalue weighted by Crippen LogP contribution is -2.13. The number of carbonyl (C=O) groups excluding carboxylic acids is 2. The molecule has 0 unspecified atom stereocenters. The molecule has 6 rings (SSSR count). The summed E-state index contributed by atoms with van der Waals surface area (Å²) in [7, 11) is 0. The van der Waals surface area contributed by atoms with Crippen molar-refractivity contribution in [2.75, 3.05) is 10.6 Å². The van der Waals surface area contributed by atoms with E-state index in [0.29, 0.717) is 32.5 Å². The number of aromatic nitrogens is 2. The molecule has 0 saturated carbocycles. The van der Waals surface area contributed by atoms with Crippen molar-refractivity contribution < 1.29 is 40.3 Å². The van der Waals surface area contributed by atoms with Crippen LogP contribution in [0.4, 0.5) is 42.1 Å². The molecule has 0 aliphatic rings. The molecule has 0 atom stereocenters. The fourth-order valence-corrected chi connectivity index (χ4v) is 6.93. The van der Waals surface area contributed by atoms with Crippen molar-refractivity contribution in [2.45, 2.75) is 32.9 Å². The minimum Gasteiger partial charge on any atom is -0.321 e. The maximum absolute atomic E-state index is 13.1. The Hall–Kier alpha value is -4.93. The SMILES string of the molecule is Cc1nc(C(F)F)c(C(=O)Nc2ccccc2-c2ccc(Br)cc2)s1.Cc1nc(C(F)F)c(C(=O)Nc2ccccc2-c2ccc(C(F)(F)F)cc2)s1. The van der Waals surface area contributed by atoms with Crippen LogP contribution in [0, 0.1) is 13.8 Å². The minimum atomic E-state index is -4.46. The van der Waals surface area contributed by atoms with E-state index in [1.54, 1.807) is 43.3 Å². The number of alkyl halides is 7. The summed E-state index contributed by atoms with van der Waals surface area (Å²) in [6, 6.07) is 25.8. The standard InChI is InChI=1S/C19H13F5N2OS.C18H13BrF2N2OS/c1-10-25-15(17(20)21)16(28-10)18(27)26-14-5-3-2-4-13(14)11-6-8-12(9-7-11)19(22,23)24;1-10-22-15(17(20)21)16(25-10)18(24)23-14-5-3-2-4-13(14)11-6-8-12(19)9-7-11/h2-9,17H,1H3,(H,26,27);2-9,17H,1H3,(H,23,24). The summed E-state index contributed by atoms with van der Waals surface area (Å²) >= 11 is 5.20. The lowest BCUT2D eigenvalue weighted by Gasteiger charge is -2.12. The normalized spacial score (nSPS) is 11.3. The van der Waals surface area contributed by atoms with Gasteiger partial charge in [0.1, 0.15) is 21.1 Å². The Labute approximate surface area is 314 Å². The third kappa shape index (κ3) is 9.74. The summed E-state index contributed by atoms with van der Waals surface area (Å²) in [5.74, 6) is -1.33. The molecule has 0 aliphatic heterocycles. The molecule has 0 bridgehead atoms. The number of hydrogen-bond acceptors (Lipinski definition) is 6. The smallest absolute Gasteiger partial charge is 0.321 e. The average Bonchev–Trinajstić information content (AvgIpc) is 3.72. The van der Waals surface area contributed by atoms with Crippen LogP contribution >= 0.6 is 38.6 Å². The van der Waals surface area contributed by atoms with Crippen molar-refractivity contribution >= 4 is 61.8 Å². The Morgan fingerprint density at radius 1 is 0.623 bits per heavy atom. The summed E-state index contributed by atoms with van der Waals surface area (Å²) in [4.78, 5) is 32.2. The van der Waals surface area contributed by atoms with E-state index in [4.69, 9.17) is 0 Å². The molecule has 53 heavy (non-hydrogen) atoms. The molecule has 274 valence electrons. The third-order valence-electron chi connectivity index (χ3n) is 7.38. The highest BCUT2D eigenvalue weighted by molar-refractivity contribution is 9.10. The van der Waals surface area contributed by atoms with Crippen LogP contribution in [0.1, 0.15) is 59.2 Å². The van der Waals surface area contributed by atoms with Crippen LogP contribution in [0.25, 0.3) is 22.3 Å². The molecular weight excluding hydrogens is 809 g/mol. The first-order valence-corrected chi connectivity index (χ1v) is 17.8. The van der Waals surface area contributed by atoms with Gasteiger partial charge < -0.3 is 10.6 Å². The van der Waals surface area contributed by atoms with Gasteiger partial charge in [0.05, 0.1) is 15.6 Å². The highest BCUT2D eigenvalue weighted by Crippen LogP contribution is 2.35. The number of benzene rings is 4. The van der Waals surface area contributed by atoms with E-state index in [0.717, 1.165) is 50.4 Å². The summed E-state index contributed by atoms with van der Waals surface area (Å²) in [5, 5.41) is 6.05. The molecule has 0 spiro atoms. The molecule has 6 nitrogen and oxygen atoms in total. The van der Waals surface area contributed by atoms with Gasteiger partial charge in [0.2, 0.25) is 0 Å². The zero-order chi connectivity index (χ0) is 38.4. The largest absolute Gasteiger partial charge is 0.416 e. The van der Waals surface area contributed by atoms with Gasteiger partial charge in [-0.3, -0.25) is 9.59 Å². The number of para-hydroxylation sites is 2. The van der Waals surface area contributed by atoms with Crippen LogP contribution in [-0.4, -0.2) is 21.8 Å².